The monoisotopic (exact) mass is 426 g/mol. The van der Waals surface area contributed by atoms with Crippen molar-refractivity contribution in [2.24, 2.45) is 0 Å². The van der Waals surface area contributed by atoms with Gasteiger partial charge in [0.05, 0.1) is 25.9 Å². The predicted molar refractivity (Wildman–Crippen MR) is 93.4 cm³/mol. The fraction of sp³-hybridized carbons (Fsp3) is 0.647. The van der Waals surface area contributed by atoms with Crippen LogP contribution in [0.4, 0.5) is 4.79 Å². The molecule has 1 amide bonds. The zero-order chi connectivity index (χ0) is 21.8. The van der Waals surface area contributed by atoms with Gasteiger partial charge in [0.2, 0.25) is 0 Å². The average molecular weight is 426 g/mol. The van der Waals surface area contributed by atoms with Gasteiger partial charge in [-0.1, -0.05) is 5.21 Å². The molecule has 2 aliphatic rings. The fourth-order valence-electron chi connectivity index (χ4n) is 3.22. The van der Waals surface area contributed by atoms with E-state index in [-0.39, 0.29) is 13.2 Å². The second-order valence-electron chi connectivity index (χ2n) is 6.75. The van der Waals surface area contributed by atoms with E-state index in [1.165, 1.54) is 36.5 Å². The minimum Gasteiger partial charge on any atom is -0.456 e. The first kappa shape index (κ1) is 21.5. The van der Waals surface area contributed by atoms with Gasteiger partial charge < -0.3 is 23.7 Å². The molecular weight excluding hydrogens is 404 g/mol. The van der Waals surface area contributed by atoms with Crippen molar-refractivity contribution in [2.45, 2.75) is 51.9 Å². The molecule has 0 unspecified atom stereocenters. The maximum atomic E-state index is 11.7. The molecule has 13 heteroatoms. The van der Waals surface area contributed by atoms with Gasteiger partial charge in [-0.15, -0.1) is 5.10 Å². The number of rotatable bonds is 6. The van der Waals surface area contributed by atoms with E-state index >= 15 is 0 Å². The van der Waals surface area contributed by atoms with Crippen LogP contribution in [0.2, 0.25) is 0 Å². The molecule has 0 spiro atoms. The first-order valence-corrected chi connectivity index (χ1v) is 9.20. The smallest absolute Gasteiger partial charge is 0.410 e. The first-order valence-electron chi connectivity index (χ1n) is 9.20. The Balaban J connectivity index is 1.83. The lowest BCUT2D eigenvalue weighted by atomic mass is 10.0. The van der Waals surface area contributed by atoms with Crippen molar-refractivity contribution in [1.82, 2.24) is 19.9 Å². The van der Waals surface area contributed by atoms with Crippen LogP contribution in [-0.4, -0.2) is 82.0 Å². The number of ether oxygens (including phenoxy) is 5. The van der Waals surface area contributed by atoms with Crippen LogP contribution in [0.3, 0.4) is 0 Å². The highest BCUT2D eigenvalue weighted by molar-refractivity contribution is 5.69. The zero-order valence-corrected chi connectivity index (χ0v) is 16.7. The highest BCUT2D eigenvalue weighted by Crippen LogP contribution is 2.30. The van der Waals surface area contributed by atoms with E-state index in [0.29, 0.717) is 18.8 Å². The molecule has 3 heterocycles. The van der Waals surface area contributed by atoms with E-state index < -0.39 is 48.5 Å². The third-order valence-corrected chi connectivity index (χ3v) is 4.34. The summed E-state index contributed by atoms with van der Waals surface area (Å²) in [6.07, 6.45) is -3.18. The van der Waals surface area contributed by atoms with Crippen molar-refractivity contribution in [3.05, 3.63) is 11.9 Å². The molecule has 13 nitrogen and oxygen atoms in total. The van der Waals surface area contributed by atoms with E-state index in [9.17, 15) is 19.2 Å². The van der Waals surface area contributed by atoms with Crippen LogP contribution in [0.25, 0.3) is 0 Å². The third-order valence-electron chi connectivity index (χ3n) is 4.34. The molecule has 1 aromatic heterocycles. The van der Waals surface area contributed by atoms with E-state index in [0.717, 1.165) is 0 Å². The SMILES string of the molecule is CC(=O)O[C@@H]1[C@@H](OC(C)=O)[C@@H](n2cc(CN3CCOC3=O)nn2)OC[C@H]1OC(C)=O. The Labute approximate surface area is 171 Å². The van der Waals surface area contributed by atoms with Crippen LogP contribution >= 0.6 is 0 Å². The summed E-state index contributed by atoms with van der Waals surface area (Å²) in [5, 5.41) is 7.99. The molecule has 0 N–H and O–H groups in total. The molecule has 0 aliphatic carbocycles. The van der Waals surface area contributed by atoms with Crippen LogP contribution in [0.1, 0.15) is 32.7 Å². The van der Waals surface area contributed by atoms with Gasteiger partial charge in [0, 0.05) is 20.8 Å². The number of nitrogens with zero attached hydrogens (tertiary/aromatic N) is 4. The topological polar surface area (TPSA) is 148 Å². The van der Waals surface area contributed by atoms with Gasteiger partial charge in [0.1, 0.15) is 12.3 Å². The summed E-state index contributed by atoms with van der Waals surface area (Å²) in [7, 11) is 0. The van der Waals surface area contributed by atoms with Crippen LogP contribution in [0.15, 0.2) is 6.20 Å². The lowest BCUT2D eigenvalue weighted by Crippen LogP contribution is -2.55. The summed E-state index contributed by atoms with van der Waals surface area (Å²) in [5.74, 6) is -1.92. The van der Waals surface area contributed by atoms with Crippen molar-refractivity contribution in [2.75, 3.05) is 19.8 Å². The van der Waals surface area contributed by atoms with Crippen LogP contribution in [0, 0.1) is 0 Å². The van der Waals surface area contributed by atoms with Crippen molar-refractivity contribution in [3.8, 4) is 0 Å². The van der Waals surface area contributed by atoms with Gasteiger partial charge >= 0.3 is 24.0 Å². The molecule has 0 aromatic carbocycles. The quantitative estimate of drug-likeness (QED) is 0.430. The molecule has 0 radical (unpaired) electrons. The zero-order valence-electron chi connectivity index (χ0n) is 16.7. The number of carbonyl (C=O) groups is 4. The Morgan fingerprint density at radius 2 is 1.77 bits per heavy atom. The summed E-state index contributed by atoms with van der Waals surface area (Å²) in [6, 6.07) is 0. The van der Waals surface area contributed by atoms with Crippen LogP contribution in [-0.2, 0) is 44.6 Å². The average Bonchev–Trinajstić information content (AvgIpc) is 3.26. The number of carbonyl (C=O) groups excluding carboxylic acids is 4. The molecular formula is C17H22N4O9. The Morgan fingerprint density at radius 1 is 1.10 bits per heavy atom. The van der Waals surface area contributed by atoms with Crippen molar-refractivity contribution in [1.29, 1.82) is 0 Å². The summed E-state index contributed by atoms with van der Waals surface area (Å²) >= 11 is 0. The Kier molecular flexibility index (Phi) is 6.50. The van der Waals surface area contributed by atoms with Crippen LogP contribution < -0.4 is 0 Å². The summed E-state index contributed by atoms with van der Waals surface area (Å²) < 4.78 is 27.7. The maximum Gasteiger partial charge on any atom is 0.410 e. The van der Waals surface area contributed by atoms with Gasteiger partial charge in [-0.3, -0.25) is 19.3 Å². The number of hydrogen-bond donors (Lipinski definition) is 0. The molecule has 0 bridgehead atoms. The third kappa shape index (κ3) is 5.03. The number of cyclic esters (lactones) is 1. The molecule has 2 aliphatic heterocycles. The second-order valence-corrected chi connectivity index (χ2v) is 6.75. The summed E-state index contributed by atoms with van der Waals surface area (Å²) in [5.41, 5.74) is 0.449. The summed E-state index contributed by atoms with van der Waals surface area (Å²) in [4.78, 5) is 47.8. The van der Waals surface area contributed by atoms with Gasteiger partial charge in [0.15, 0.2) is 24.5 Å². The van der Waals surface area contributed by atoms with Crippen molar-refractivity contribution >= 4 is 24.0 Å². The first-order chi connectivity index (χ1) is 14.2. The molecule has 0 saturated carbocycles. The minimum absolute atomic E-state index is 0.131. The number of hydrogen-bond acceptors (Lipinski definition) is 11. The highest BCUT2D eigenvalue weighted by Gasteiger charge is 2.48. The number of amides is 1. The van der Waals surface area contributed by atoms with Crippen molar-refractivity contribution in [3.63, 3.8) is 0 Å². The second kappa shape index (κ2) is 9.07. The van der Waals surface area contributed by atoms with E-state index in [1.54, 1.807) is 0 Å². The molecule has 4 atom stereocenters. The maximum absolute atomic E-state index is 11.7. The van der Waals surface area contributed by atoms with E-state index in [1.807, 2.05) is 0 Å². The highest BCUT2D eigenvalue weighted by atomic mass is 16.6. The normalized spacial score (nSPS) is 26.1. The molecule has 3 rings (SSSR count). The lowest BCUT2D eigenvalue weighted by molar-refractivity contribution is -0.241. The van der Waals surface area contributed by atoms with Gasteiger partial charge in [-0.25, -0.2) is 9.48 Å². The molecule has 164 valence electrons. The molecule has 30 heavy (non-hydrogen) atoms. The van der Waals surface area contributed by atoms with E-state index in [4.69, 9.17) is 23.7 Å². The molecule has 1 aromatic rings. The minimum atomic E-state index is -1.16. The Bertz CT molecular complexity index is 826. The largest absolute Gasteiger partial charge is 0.456 e. The molecule has 2 saturated heterocycles. The van der Waals surface area contributed by atoms with Crippen LogP contribution in [0.5, 0.6) is 0 Å². The predicted octanol–water partition coefficient (Wildman–Crippen LogP) is -0.446. The van der Waals surface area contributed by atoms with Gasteiger partial charge in [-0.2, -0.15) is 0 Å². The number of esters is 3. The Hall–Kier alpha value is -3.22. The van der Waals surface area contributed by atoms with Crippen molar-refractivity contribution < 1.29 is 42.9 Å². The fourth-order valence-corrected chi connectivity index (χ4v) is 3.22. The van der Waals surface area contributed by atoms with Gasteiger partial charge in [-0.05, 0) is 0 Å². The van der Waals surface area contributed by atoms with E-state index in [2.05, 4.69) is 10.3 Å². The standard InChI is InChI=1S/C17H22N4O9/c1-9(22)28-13-8-27-16(15(30-11(3)24)14(13)29-10(2)23)21-7-12(18-19-21)6-20-4-5-26-17(20)25/h7,13-16H,4-6,8H2,1-3H3/t13-,14+,15-,16+/m1/s1. The Morgan fingerprint density at radius 3 is 2.37 bits per heavy atom. The summed E-state index contributed by atoms with van der Waals surface area (Å²) in [6.45, 7) is 4.34. The number of aromatic nitrogens is 3. The lowest BCUT2D eigenvalue weighted by Gasteiger charge is -2.40. The van der Waals surface area contributed by atoms with Gasteiger partial charge in [0.25, 0.3) is 0 Å². The molecule has 2 fully saturated rings.